The zero-order valence-corrected chi connectivity index (χ0v) is 15.4. The first-order valence-corrected chi connectivity index (χ1v) is 8.05. The number of carbonyl (C=O) groups is 2. The van der Waals surface area contributed by atoms with Crippen molar-refractivity contribution in [3.63, 3.8) is 0 Å². The highest BCUT2D eigenvalue weighted by Crippen LogP contribution is 2.21. The summed E-state index contributed by atoms with van der Waals surface area (Å²) in [6, 6.07) is 5.66. The summed E-state index contributed by atoms with van der Waals surface area (Å²) in [5, 5.41) is 4.19. The Kier molecular flexibility index (Phi) is 5.46. The first-order valence-electron chi connectivity index (χ1n) is 8.05. The highest BCUT2D eigenvalue weighted by atomic mass is 16.5. The van der Waals surface area contributed by atoms with Gasteiger partial charge in [0.2, 0.25) is 0 Å². The van der Waals surface area contributed by atoms with Gasteiger partial charge in [-0.3, -0.25) is 25.1 Å². The van der Waals surface area contributed by atoms with Gasteiger partial charge in [-0.05, 0) is 51.8 Å². The Morgan fingerprint density at radius 2 is 1.84 bits per heavy atom. The topological polar surface area (TPSA) is 85.2 Å². The molecule has 25 heavy (non-hydrogen) atoms. The molecule has 1 aromatic carbocycles. The molecule has 0 aliphatic heterocycles. The SMILES string of the molecule is Cc1cccc(OC(C)C(=O)NNC(=O)c2c(C)nn(C)c2C)c1C. The number of nitrogens with one attached hydrogen (secondary N) is 2. The van der Waals surface area contributed by atoms with E-state index in [4.69, 9.17) is 4.74 Å². The van der Waals surface area contributed by atoms with E-state index in [1.807, 2.05) is 32.0 Å². The van der Waals surface area contributed by atoms with Crippen LogP contribution in [0.15, 0.2) is 18.2 Å². The molecule has 2 aromatic rings. The van der Waals surface area contributed by atoms with Crippen molar-refractivity contribution in [2.45, 2.75) is 40.7 Å². The quantitative estimate of drug-likeness (QED) is 0.830. The van der Waals surface area contributed by atoms with Gasteiger partial charge in [-0.25, -0.2) is 0 Å². The fourth-order valence-electron chi connectivity index (χ4n) is 2.48. The maximum atomic E-state index is 12.3. The minimum absolute atomic E-state index is 0.407. The summed E-state index contributed by atoms with van der Waals surface area (Å²) in [6.45, 7) is 9.08. The largest absolute Gasteiger partial charge is 0.481 e. The van der Waals surface area contributed by atoms with Crippen LogP contribution in [0, 0.1) is 27.7 Å². The smallest absolute Gasteiger partial charge is 0.279 e. The standard InChI is InChI=1S/C18H24N4O3/c1-10-8-7-9-15(11(10)2)25-14(5)17(23)19-20-18(24)16-12(3)21-22(6)13(16)4/h7-9,14H,1-6H3,(H,19,23)(H,20,24). The molecule has 0 aliphatic carbocycles. The number of rotatable bonds is 4. The van der Waals surface area contributed by atoms with Gasteiger partial charge in [0.15, 0.2) is 6.10 Å². The van der Waals surface area contributed by atoms with Gasteiger partial charge in [0.1, 0.15) is 5.75 Å². The van der Waals surface area contributed by atoms with Crippen molar-refractivity contribution in [3.05, 3.63) is 46.3 Å². The molecule has 0 spiro atoms. The van der Waals surface area contributed by atoms with Gasteiger partial charge in [0.25, 0.3) is 11.8 Å². The van der Waals surface area contributed by atoms with Crippen LogP contribution >= 0.6 is 0 Å². The summed E-state index contributed by atoms with van der Waals surface area (Å²) in [5.41, 5.74) is 8.66. The van der Waals surface area contributed by atoms with E-state index in [0.29, 0.717) is 17.0 Å². The van der Waals surface area contributed by atoms with Crippen molar-refractivity contribution in [2.75, 3.05) is 0 Å². The fourth-order valence-corrected chi connectivity index (χ4v) is 2.48. The van der Waals surface area contributed by atoms with Crippen LogP contribution in [0.1, 0.15) is 39.8 Å². The van der Waals surface area contributed by atoms with E-state index >= 15 is 0 Å². The van der Waals surface area contributed by atoms with E-state index in [2.05, 4.69) is 16.0 Å². The van der Waals surface area contributed by atoms with Gasteiger partial charge in [0, 0.05) is 12.7 Å². The minimum Gasteiger partial charge on any atom is -0.481 e. The van der Waals surface area contributed by atoms with Gasteiger partial charge < -0.3 is 4.74 Å². The Bertz CT molecular complexity index is 811. The van der Waals surface area contributed by atoms with Gasteiger partial charge >= 0.3 is 0 Å². The van der Waals surface area contributed by atoms with E-state index in [0.717, 1.165) is 16.8 Å². The van der Waals surface area contributed by atoms with Crippen LogP contribution < -0.4 is 15.6 Å². The third-order valence-electron chi connectivity index (χ3n) is 4.26. The Balaban J connectivity index is 1.97. The van der Waals surface area contributed by atoms with E-state index in [1.54, 1.807) is 32.5 Å². The lowest BCUT2D eigenvalue weighted by atomic mass is 10.1. The zero-order chi connectivity index (χ0) is 18.7. The Hall–Kier alpha value is -2.83. The molecule has 0 bridgehead atoms. The van der Waals surface area contributed by atoms with Gasteiger partial charge in [-0.2, -0.15) is 5.10 Å². The molecule has 1 aromatic heterocycles. The number of hydrazine groups is 1. The molecular weight excluding hydrogens is 320 g/mol. The Morgan fingerprint density at radius 3 is 2.44 bits per heavy atom. The molecule has 1 unspecified atom stereocenters. The molecule has 0 saturated heterocycles. The van der Waals surface area contributed by atoms with Gasteiger partial charge in [-0.1, -0.05) is 12.1 Å². The molecule has 1 atom stereocenters. The third-order valence-corrected chi connectivity index (χ3v) is 4.26. The Labute approximate surface area is 147 Å². The van der Waals surface area contributed by atoms with Crippen LogP contribution in [0.4, 0.5) is 0 Å². The Morgan fingerprint density at radius 1 is 1.16 bits per heavy atom. The van der Waals surface area contributed by atoms with E-state index in [1.165, 1.54) is 0 Å². The first-order chi connectivity index (χ1) is 11.7. The van der Waals surface area contributed by atoms with Crippen molar-refractivity contribution < 1.29 is 14.3 Å². The molecule has 7 nitrogen and oxygen atoms in total. The summed E-state index contributed by atoms with van der Waals surface area (Å²) < 4.78 is 7.32. The average Bonchev–Trinajstić information content (AvgIpc) is 2.81. The number of carbonyl (C=O) groups excluding carboxylic acids is 2. The van der Waals surface area contributed by atoms with Crippen molar-refractivity contribution >= 4 is 11.8 Å². The molecule has 1 heterocycles. The van der Waals surface area contributed by atoms with E-state index in [9.17, 15) is 9.59 Å². The van der Waals surface area contributed by atoms with Crippen LogP contribution in [0.2, 0.25) is 0 Å². The number of hydrogen-bond acceptors (Lipinski definition) is 4. The highest BCUT2D eigenvalue weighted by molar-refractivity contribution is 5.97. The molecule has 2 amide bonds. The second-order valence-corrected chi connectivity index (χ2v) is 6.07. The van der Waals surface area contributed by atoms with Crippen LogP contribution in [-0.4, -0.2) is 27.7 Å². The number of aryl methyl sites for hydroxylation is 3. The van der Waals surface area contributed by atoms with E-state index < -0.39 is 17.9 Å². The number of aromatic nitrogens is 2. The lowest BCUT2D eigenvalue weighted by Crippen LogP contribution is -2.47. The summed E-state index contributed by atoms with van der Waals surface area (Å²) in [4.78, 5) is 24.4. The fraction of sp³-hybridized carbons (Fsp3) is 0.389. The monoisotopic (exact) mass is 344 g/mol. The number of nitrogens with zero attached hydrogens (tertiary/aromatic N) is 2. The molecule has 0 radical (unpaired) electrons. The van der Waals surface area contributed by atoms with Crippen molar-refractivity contribution in [1.29, 1.82) is 0 Å². The summed E-state index contributed by atoms with van der Waals surface area (Å²) in [7, 11) is 1.76. The normalized spacial score (nSPS) is 11.8. The first kappa shape index (κ1) is 18.5. The van der Waals surface area contributed by atoms with Crippen LogP contribution in [-0.2, 0) is 11.8 Å². The molecule has 134 valence electrons. The molecule has 0 saturated carbocycles. The van der Waals surface area contributed by atoms with Crippen LogP contribution in [0.3, 0.4) is 0 Å². The van der Waals surface area contributed by atoms with Crippen LogP contribution in [0.5, 0.6) is 5.75 Å². The number of hydrogen-bond donors (Lipinski definition) is 2. The predicted octanol–water partition coefficient (Wildman–Crippen LogP) is 1.88. The maximum Gasteiger partial charge on any atom is 0.279 e. The second-order valence-electron chi connectivity index (χ2n) is 6.07. The lowest BCUT2D eigenvalue weighted by Gasteiger charge is -2.17. The van der Waals surface area contributed by atoms with Gasteiger partial charge in [-0.15, -0.1) is 0 Å². The summed E-state index contributed by atoms with van der Waals surface area (Å²) in [5.74, 6) is -0.197. The van der Waals surface area contributed by atoms with Gasteiger partial charge in [0.05, 0.1) is 11.3 Å². The molecule has 0 aliphatic rings. The molecule has 2 rings (SSSR count). The molecular formula is C18H24N4O3. The minimum atomic E-state index is -0.753. The van der Waals surface area contributed by atoms with Crippen molar-refractivity contribution in [2.24, 2.45) is 7.05 Å². The molecule has 7 heteroatoms. The third kappa shape index (κ3) is 3.99. The highest BCUT2D eigenvalue weighted by Gasteiger charge is 2.20. The number of benzene rings is 1. The van der Waals surface area contributed by atoms with E-state index in [-0.39, 0.29) is 0 Å². The predicted molar refractivity (Wildman–Crippen MR) is 94.3 cm³/mol. The maximum absolute atomic E-state index is 12.3. The zero-order valence-electron chi connectivity index (χ0n) is 15.4. The van der Waals surface area contributed by atoms with Crippen LogP contribution in [0.25, 0.3) is 0 Å². The lowest BCUT2D eigenvalue weighted by molar-refractivity contribution is -0.128. The number of ether oxygens (including phenoxy) is 1. The summed E-state index contributed by atoms with van der Waals surface area (Å²) >= 11 is 0. The molecule has 0 fully saturated rings. The average molecular weight is 344 g/mol. The molecule has 2 N–H and O–H groups in total. The van der Waals surface area contributed by atoms with Crippen molar-refractivity contribution in [1.82, 2.24) is 20.6 Å². The second kappa shape index (κ2) is 7.38. The summed E-state index contributed by atoms with van der Waals surface area (Å²) in [6.07, 6.45) is -0.753. The number of amides is 2. The van der Waals surface area contributed by atoms with Crippen molar-refractivity contribution in [3.8, 4) is 5.75 Å².